The third kappa shape index (κ3) is 2.91. The first kappa shape index (κ1) is 13.7. The smallest absolute Gasteiger partial charge is 0.242 e. The molecule has 110 valence electrons. The number of aryl methyl sites for hydroxylation is 1. The number of nitrogen functional groups attached to an aromatic ring is 1. The van der Waals surface area contributed by atoms with Crippen LogP contribution in [0.5, 0.6) is 0 Å². The Morgan fingerprint density at radius 2 is 2.14 bits per heavy atom. The van der Waals surface area contributed by atoms with Gasteiger partial charge in [-0.3, -0.25) is 9.78 Å². The number of benzene rings is 1. The molecule has 1 saturated carbocycles. The first-order valence-corrected chi connectivity index (χ1v) is 7.26. The summed E-state index contributed by atoms with van der Waals surface area (Å²) in [5, 5.41) is 8.18. The van der Waals surface area contributed by atoms with Gasteiger partial charge in [0, 0.05) is 40.1 Å². The molecule has 1 atom stereocenters. The highest BCUT2D eigenvalue weighted by molar-refractivity contribution is 6.01. The summed E-state index contributed by atoms with van der Waals surface area (Å²) in [7, 11) is 0. The average molecular weight is 284 g/mol. The van der Waals surface area contributed by atoms with E-state index in [1.807, 2.05) is 32.0 Å². The lowest BCUT2D eigenvalue weighted by molar-refractivity contribution is -0.121. The fourth-order valence-electron chi connectivity index (χ4n) is 2.34. The summed E-state index contributed by atoms with van der Waals surface area (Å²) in [6, 6.07) is 5.83. The number of fused-ring (bicyclic) bond motifs is 1. The average Bonchev–Trinajstić information content (AvgIpc) is 3.25. The summed E-state index contributed by atoms with van der Waals surface area (Å²) in [4.78, 5) is 16.3. The van der Waals surface area contributed by atoms with E-state index in [1.165, 1.54) is 0 Å². The van der Waals surface area contributed by atoms with E-state index in [2.05, 4.69) is 15.6 Å². The molecule has 1 amide bonds. The fourth-order valence-corrected chi connectivity index (χ4v) is 2.34. The standard InChI is InChI=1S/C16H20N4O/c1-9-7-12-13(8-18-9)14(17)5-6-15(12)19-10(2)16(21)20-11-3-4-11/h5-8,10-11,19H,3-4,17H2,1-2H3,(H,20,21). The molecule has 1 unspecified atom stereocenters. The third-order valence-corrected chi connectivity index (χ3v) is 3.76. The zero-order valence-electron chi connectivity index (χ0n) is 12.3. The Bertz CT molecular complexity index is 694. The highest BCUT2D eigenvalue weighted by Gasteiger charge is 2.25. The lowest BCUT2D eigenvalue weighted by atomic mass is 10.1. The summed E-state index contributed by atoms with van der Waals surface area (Å²) in [6.45, 7) is 3.81. The van der Waals surface area contributed by atoms with Crippen LogP contribution in [0.3, 0.4) is 0 Å². The molecular formula is C16H20N4O. The summed E-state index contributed by atoms with van der Waals surface area (Å²) >= 11 is 0. The molecule has 1 aliphatic carbocycles. The van der Waals surface area contributed by atoms with Gasteiger partial charge in [-0.2, -0.15) is 0 Å². The van der Waals surface area contributed by atoms with E-state index in [9.17, 15) is 4.79 Å². The van der Waals surface area contributed by atoms with Crippen LogP contribution >= 0.6 is 0 Å². The van der Waals surface area contributed by atoms with Crippen LogP contribution in [0, 0.1) is 6.92 Å². The fraction of sp³-hybridized carbons (Fsp3) is 0.375. The van der Waals surface area contributed by atoms with Crippen LogP contribution in [0.15, 0.2) is 24.4 Å². The van der Waals surface area contributed by atoms with Crippen LogP contribution in [0.1, 0.15) is 25.5 Å². The van der Waals surface area contributed by atoms with Crippen LogP contribution in [0.25, 0.3) is 10.8 Å². The lowest BCUT2D eigenvalue weighted by Gasteiger charge is -2.17. The van der Waals surface area contributed by atoms with Gasteiger partial charge in [-0.15, -0.1) is 0 Å². The van der Waals surface area contributed by atoms with E-state index in [-0.39, 0.29) is 11.9 Å². The minimum atomic E-state index is -0.286. The van der Waals surface area contributed by atoms with Crippen molar-refractivity contribution in [2.45, 2.75) is 38.8 Å². The zero-order valence-corrected chi connectivity index (χ0v) is 12.3. The van der Waals surface area contributed by atoms with Crippen LogP contribution in [-0.2, 0) is 4.79 Å². The molecule has 5 nitrogen and oxygen atoms in total. The first-order chi connectivity index (χ1) is 10.0. The number of rotatable bonds is 4. The van der Waals surface area contributed by atoms with Crippen LogP contribution in [0.4, 0.5) is 11.4 Å². The predicted octanol–water partition coefficient (Wildman–Crippen LogP) is 2.20. The number of hydrogen-bond donors (Lipinski definition) is 3. The highest BCUT2D eigenvalue weighted by atomic mass is 16.2. The molecule has 1 aromatic heterocycles. The number of carbonyl (C=O) groups excluding carboxylic acids is 1. The Morgan fingerprint density at radius 1 is 1.38 bits per heavy atom. The van der Waals surface area contributed by atoms with Crippen LogP contribution in [0.2, 0.25) is 0 Å². The van der Waals surface area contributed by atoms with Gasteiger partial charge in [-0.1, -0.05) is 0 Å². The molecule has 0 aliphatic heterocycles. The Labute approximate surface area is 123 Å². The topological polar surface area (TPSA) is 80.0 Å². The van der Waals surface area contributed by atoms with Crippen molar-refractivity contribution >= 4 is 28.1 Å². The number of nitrogens with zero attached hydrogens (tertiary/aromatic N) is 1. The van der Waals surface area contributed by atoms with Gasteiger partial charge in [0.2, 0.25) is 5.91 Å². The maximum absolute atomic E-state index is 12.1. The Balaban J connectivity index is 1.87. The number of hydrogen-bond acceptors (Lipinski definition) is 4. The lowest BCUT2D eigenvalue weighted by Crippen LogP contribution is -2.38. The molecule has 1 aliphatic rings. The number of pyridine rings is 1. The van der Waals surface area contributed by atoms with E-state index >= 15 is 0 Å². The van der Waals surface area contributed by atoms with E-state index in [0.717, 1.165) is 35.0 Å². The summed E-state index contributed by atoms with van der Waals surface area (Å²) in [5.74, 6) is 0.0354. The van der Waals surface area contributed by atoms with Crippen molar-refractivity contribution in [1.29, 1.82) is 0 Å². The molecule has 0 saturated heterocycles. The number of anilines is 2. The molecule has 3 rings (SSSR count). The zero-order chi connectivity index (χ0) is 15.0. The van der Waals surface area contributed by atoms with Gasteiger partial charge >= 0.3 is 0 Å². The molecule has 2 aromatic rings. The first-order valence-electron chi connectivity index (χ1n) is 7.26. The second kappa shape index (κ2) is 5.24. The van der Waals surface area contributed by atoms with Gasteiger partial charge in [0.15, 0.2) is 0 Å². The number of carbonyl (C=O) groups is 1. The number of amides is 1. The maximum Gasteiger partial charge on any atom is 0.242 e. The van der Waals surface area contributed by atoms with E-state index in [0.29, 0.717) is 11.7 Å². The van der Waals surface area contributed by atoms with E-state index in [1.54, 1.807) is 6.20 Å². The van der Waals surface area contributed by atoms with Crippen molar-refractivity contribution < 1.29 is 4.79 Å². The van der Waals surface area contributed by atoms with Crippen molar-refractivity contribution in [3.05, 3.63) is 30.1 Å². The van der Waals surface area contributed by atoms with Gasteiger partial charge in [0.25, 0.3) is 0 Å². The highest BCUT2D eigenvalue weighted by Crippen LogP contribution is 2.29. The Morgan fingerprint density at radius 3 is 2.86 bits per heavy atom. The molecular weight excluding hydrogens is 264 g/mol. The van der Waals surface area contributed by atoms with Gasteiger partial charge in [-0.25, -0.2) is 0 Å². The normalized spacial score (nSPS) is 15.7. The second-order valence-corrected chi connectivity index (χ2v) is 5.72. The summed E-state index contributed by atoms with van der Waals surface area (Å²) in [6.07, 6.45) is 3.96. The Hall–Kier alpha value is -2.30. The predicted molar refractivity (Wildman–Crippen MR) is 85.1 cm³/mol. The van der Waals surface area contributed by atoms with Crippen molar-refractivity contribution in [3.63, 3.8) is 0 Å². The second-order valence-electron chi connectivity index (χ2n) is 5.72. The van der Waals surface area contributed by atoms with Gasteiger partial charge < -0.3 is 16.4 Å². The van der Waals surface area contributed by atoms with Crippen molar-refractivity contribution in [2.75, 3.05) is 11.1 Å². The minimum absolute atomic E-state index is 0.0354. The number of aromatic nitrogens is 1. The quantitative estimate of drug-likeness (QED) is 0.752. The molecule has 0 bridgehead atoms. The van der Waals surface area contributed by atoms with Gasteiger partial charge in [0.1, 0.15) is 6.04 Å². The SMILES string of the molecule is Cc1cc2c(NC(C)C(=O)NC3CC3)ccc(N)c2cn1. The molecule has 0 spiro atoms. The monoisotopic (exact) mass is 284 g/mol. The summed E-state index contributed by atoms with van der Waals surface area (Å²) in [5.41, 5.74) is 8.51. The molecule has 5 heteroatoms. The maximum atomic E-state index is 12.1. The molecule has 1 fully saturated rings. The summed E-state index contributed by atoms with van der Waals surface area (Å²) < 4.78 is 0. The Kier molecular flexibility index (Phi) is 3.41. The molecule has 1 heterocycles. The van der Waals surface area contributed by atoms with Crippen molar-refractivity contribution in [3.8, 4) is 0 Å². The van der Waals surface area contributed by atoms with Gasteiger partial charge in [-0.05, 0) is 44.9 Å². The van der Waals surface area contributed by atoms with Crippen molar-refractivity contribution in [1.82, 2.24) is 10.3 Å². The largest absolute Gasteiger partial charge is 0.398 e. The molecule has 4 N–H and O–H groups in total. The molecule has 0 radical (unpaired) electrons. The minimum Gasteiger partial charge on any atom is -0.398 e. The van der Waals surface area contributed by atoms with Gasteiger partial charge in [0.05, 0.1) is 0 Å². The third-order valence-electron chi connectivity index (χ3n) is 3.76. The molecule has 1 aromatic carbocycles. The van der Waals surface area contributed by atoms with Crippen LogP contribution in [-0.4, -0.2) is 23.0 Å². The number of nitrogens with one attached hydrogen (secondary N) is 2. The molecule has 21 heavy (non-hydrogen) atoms. The van der Waals surface area contributed by atoms with E-state index < -0.39 is 0 Å². The van der Waals surface area contributed by atoms with E-state index in [4.69, 9.17) is 5.73 Å². The number of nitrogens with two attached hydrogens (primary N) is 1. The van der Waals surface area contributed by atoms with Crippen LogP contribution < -0.4 is 16.4 Å². The van der Waals surface area contributed by atoms with Crippen molar-refractivity contribution in [2.24, 2.45) is 0 Å².